The second-order valence-electron chi connectivity index (χ2n) is 7.91. The first-order chi connectivity index (χ1) is 11.1. The van der Waals surface area contributed by atoms with Gasteiger partial charge in [-0.1, -0.05) is 0 Å². The summed E-state index contributed by atoms with van der Waals surface area (Å²) in [6, 6.07) is 1.43. The Hall–Kier alpha value is -0.650. The third kappa shape index (κ3) is 3.57. The zero-order chi connectivity index (χ0) is 16.4. The number of likely N-dealkylation sites (tertiary alicyclic amines) is 1. The predicted octanol–water partition coefficient (Wildman–Crippen LogP) is 1.90. The van der Waals surface area contributed by atoms with Crippen LogP contribution in [-0.2, 0) is 14.3 Å². The highest BCUT2D eigenvalue weighted by molar-refractivity contribution is 5.77. The number of methoxy groups -OCH3 is 2. The van der Waals surface area contributed by atoms with Crippen LogP contribution in [0.2, 0.25) is 0 Å². The monoisotopic (exact) mass is 324 g/mol. The molecule has 1 aliphatic heterocycles. The van der Waals surface area contributed by atoms with Crippen molar-refractivity contribution in [3.8, 4) is 0 Å². The summed E-state index contributed by atoms with van der Waals surface area (Å²) in [5.41, 5.74) is 0.450. The fourth-order valence-corrected chi connectivity index (χ4v) is 4.47. The Morgan fingerprint density at radius 2 is 1.87 bits per heavy atom. The topological polar surface area (TPSA) is 42.0 Å². The molecule has 3 aliphatic rings. The van der Waals surface area contributed by atoms with E-state index in [0.717, 1.165) is 38.6 Å². The molecular formula is C18H32N2O3. The Bertz CT molecular complexity index is 408. The Labute approximate surface area is 140 Å². The van der Waals surface area contributed by atoms with Crippen molar-refractivity contribution in [3.05, 3.63) is 0 Å². The molecule has 0 bridgehead atoms. The van der Waals surface area contributed by atoms with E-state index >= 15 is 0 Å². The normalized spacial score (nSPS) is 29.3. The summed E-state index contributed by atoms with van der Waals surface area (Å²) in [7, 11) is 5.80. The molecule has 3 fully saturated rings. The van der Waals surface area contributed by atoms with Crippen LogP contribution in [-0.4, -0.2) is 74.9 Å². The predicted molar refractivity (Wildman–Crippen MR) is 89.3 cm³/mol. The van der Waals surface area contributed by atoms with Gasteiger partial charge < -0.3 is 19.3 Å². The Morgan fingerprint density at radius 3 is 2.48 bits per heavy atom. The van der Waals surface area contributed by atoms with E-state index in [9.17, 15) is 4.79 Å². The van der Waals surface area contributed by atoms with Crippen LogP contribution in [0.1, 0.15) is 44.9 Å². The van der Waals surface area contributed by atoms with Crippen LogP contribution in [0.5, 0.6) is 0 Å². The van der Waals surface area contributed by atoms with E-state index in [-0.39, 0.29) is 0 Å². The van der Waals surface area contributed by atoms with Gasteiger partial charge in [-0.05, 0) is 45.6 Å². The molecule has 0 aromatic carbocycles. The van der Waals surface area contributed by atoms with Crippen LogP contribution < -0.4 is 0 Å². The number of unbranched alkanes of at least 4 members (excludes halogenated alkanes) is 1. The molecule has 1 amide bonds. The summed E-state index contributed by atoms with van der Waals surface area (Å²) in [6.45, 7) is 2.74. The molecule has 0 atom stereocenters. The van der Waals surface area contributed by atoms with Gasteiger partial charge in [0, 0.05) is 57.8 Å². The molecule has 0 radical (unpaired) electrons. The van der Waals surface area contributed by atoms with Gasteiger partial charge in [-0.15, -0.1) is 0 Å². The fraction of sp³-hybridized carbons (Fsp3) is 0.944. The van der Waals surface area contributed by atoms with E-state index in [4.69, 9.17) is 9.47 Å². The highest BCUT2D eigenvalue weighted by Crippen LogP contribution is 2.51. The van der Waals surface area contributed by atoms with Crippen molar-refractivity contribution < 1.29 is 14.3 Å². The lowest BCUT2D eigenvalue weighted by Crippen LogP contribution is -2.68. The van der Waals surface area contributed by atoms with E-state index in [1.54, 1.807) is 7.11 Å². The molecule has 1 saturated heterocycles. The van der Waals surface area contributed by atoms with Crippen LogP contribution >= 0.6 is 0 Å². The van der Waals surface area contributed by atoms with Crippen LogP contribution in [0.15, 0.2) is 0 Å². The molecule has 23 heavy (non-hydrogen) atoms. The van der Waals surface area contributed by atoms with Crippen molar-refractivity contribution in [3.63, 3.8) is 0 Å². The lowest BCUT2D eigenvalue weighted by Gasteiger charge is -2.62. The largest absolute Gasteiger partial charge is 0.385 e. The van der Waals surface area contributed by atoms with Crippen molar-refractivity contribution in [1.29, 1.82) is 0 Å². The summed E-state index contributed by atoms with van der Waals surface area (Å²) in [5.74, 6) is 0.338. The summed E-state index contributed by atoms with van der Waals surface area (Å²) >= 11 is 0. The van der Waals surface area contributed by atoms with Gasteiger partial charge >= 0.3 is 0 Å². The van der Waals surface area contributed by atoms with Crippen LogP contribution in [0.25, 0.3) is 0 Å². The van der Waals surface area contributed by atoms with Crippen molar-refractivity contribution in [2.24, 2.45) is 5.41 Å². The Kier molecular flexibility index (Phi) is 5.29. The molecule has 0 aromatic heterocycles. The molecular weight excluding hydrogens is 292 g/mol. The second-order valence-corrected chi connectivity index (χ2v) is 7.91. The average Bonchev–Trinajstić information content (AvgIpc) is 2.39. The summed E-state index contributed by atoms with van der Waals surface area (Å²) in [6.07, 6.45) is 8.00. The van der Waals surface area contributed by atoms with Gasteiger partial charge in [0.2, 0.25) is 5.91 Å². The highest BCUT2D eigenvalue weighted by Gasteiger charge is 2.55. The second kappa shape index (κ2) is 7.08. The highest BCUT2D eigenvalue weighted by atomic mass is 16.5. The van der Waals surface area contributed by atoms with Crippen molar-refractivity contribution in [2.45, 2.75) is 63.1 Å². The SMILES string of the molecule is COCCCCC(=O)N1CC2(CC(N(C)C3CC(OC)C3)C2)C1. The number of hydrogen-bond donors (Lipinski definition) is 0. The Balaban J connectivity index is 1.31. The molecule has 3 rings (SSSR count). The van der Waals surface area contributed by atoms with Gasteiger partial charge in [0.25, 0.3) is 0 Å². The van der Waals surface area contributed by atoms with Crippen LogP contribution in [0, 0.1) is 5.41 Å². The van der Waals surface area contributed by atoms with Crippen LogP contribution in [0.4, 0.5) is 0 Å². The van der Waals surface area contributed by atoms with Crippen molar-refractivity contribution >= 4 is 5.91 Å². The number of ether oxygens (including phenoxy) is 2. The smallest absolute Gasteiger partial charge is 0.222 e. The van der Waals surface area contributed by atoms with Gasteiger partial charge in [-0.2, -0.15) is 0 Å². The molecule has 2 aliphatic carbocycles. The quantitative estimate of drug-likeness (QED) is 0.640. The minimum atomic E-state index is 0.338. The molecule has 0 aromatic rings. The summed E-state index contributed by atoms with van der Waals surface area (Å²) in [4.78, 5) is 16.8. The molecule has 5 nitrogen and oxygen atoms in total. The Morgan fingerprint density at radius 1 is 1.17 bits per heavy atom. The number of hydrogen-bond acceptors (Lipinski definition) is 4. The molecule has 0 N–H and O–H groups in total. The average molecular weight is 324 g/mol. The van der Waals surface area contributed by atoms with Gasteiger partial charge in [-0.25, -0.2) is 0 Å². The fourth-order valence-electron chi connectivity index (χ4n) is 4.47. The van der Waals surface area contributed by atoms with Gasteiger partial charge in [0.15, 0.2) is 0 Å². The number of carbonyl (C=O) groups excluding carboxylic acids is 1. The maximum atomic E-state index is 12.1. The summed E-state index contributed by atoms with van der Waals surface area (Å²) in [5, 5.41) is 0. The van der Waals surface area contributed by atoms with Gasteiger partial charge in [0.1, 0.15) is 0 Å². The molecule has 5 heteroatoms. The van der Waals surface area contributed by atoms with E-state index < -0.39 is 0 Å². The first kappa shape index (κ1) is 17.2. The third-order valence-electron chi connectivity index (χ3n) is 6.29. The van der Waals surface area contributed by atoms with Gasteiger partial charge in [-0.3, -0.25) is 4.79 Å². The van der Waals surface area contributed by atoms with Gasteiger partial charge in [0.05, 0.1) is 6.10 Å². The third-order valence-corrected chi connectivity index (χ3v) is 6.29. The molecule has 0 unspecified atom stereocenters. The van der Waals surface area contributed by atoms with Crippen molar-refractivity contribution in [1.82, 2.24) is 9.80 Å². The zero-order valence-electron chi connectivity index (χ0n) is 14.9. The minimum Gasteiger partial charge on any atom is -0.385 e. The lowest BCUT2D eigenvalue weighted by molar-refractivity contribution is -0.161. The van der Waals surface area contributed by atoms with Crippen molar-refractivity contribution in [2.75, 3.05) is 41.0 Å². The van der Waals surface area contributed by atoms with E-state index in [2.05, 4.69) is 16.8 Å². The molecule has 1 spiro atoms. The number of amides is 1. The number of rotatable bonds is 8. The van der Waals surface area contributed by atoms with E-state index in [1.165, 1.54) is 25.7 Å². The van der Waals surface area contributed by atoms with E-state index in [0.29, 0.717) is 29.9 Å². The summed E-state index contributed by atoms with van der Waals surface area (Å²) < 4.78 is 10.4. The number of carbonyl (C=O) groups is 1. The maximum Gasteiger partial charge on any atom is 0.222 e. The number of nitrogens with zero attached hydrogens (tertiary/aromatic N) is 2. The first-order valence-corrected chi connectivity index (χ1v) is 9.08. The standard InChI is InChI=1S/C18H32N2O3/c1-19(14-8-16(9-14)23-3)15-10-18(11-15)12-20(13-18)17(21)6-4-5-7-22-2/h14-16H,4-13H2,1-3H3. The first-order valence-electron chi connectivity index (χ1n) is 9.08. The van der Waals surface area contributed by atoms with E-state index in [1.807, 2.05) is 7.11 Å². The minimum absolute atomic E-state index is 0.338. The lowest BCUT2D eigenvalue weighted by atomic mass is 9.59. The molecule has 132 valence electrons. The van der Waals surface area contributed by atoms with Crippen LogP contribution in [0.3, 0.4) is 0 Å². The maximum absolute atomic E-state index is 12.1. The molecule has 1 heterocycles. The molecule has 2 saturated carbocycles. The zero-order valence-corrected chi connectivity index (χ0v) is 14.9.